The average Bonchev–Trinajstić information content (AvgIpc) is 3.33. The molecule has 8 nitrogen and oxygen atoms in total. The van der Waals surface area contributed by atoms with Crippen molar-refractivity contribution >= 4 is 46.4 Å². The Kier molecular flexibility index (Phi) is 5.02. The van der Waals surface area contributed by atoms with Crippen LogP contribution in [-0.2, 0) is 13.5 Å². The lowest BCUT2D eigenvalue weighted by Crippen LogP contribution is -2.55. The molecular formula is C25H29IN7O+. The second kappa shape index (κ2) is 9.75. The first-order chi connectivity index (χ1) is 18.4. The van der Waals surface area contributed by atoms with Gasteiger partial charge >= 0.3 is 0 Å². The molecule has 0 saturated carbocycles. The Labute approximate surface area is 224 Å². The first kappa shape index (κ1) is 17.5. The standard InChI is InChI=1S/C25H28N7O.HI/c1-30-17-23(28-29-30)18-4-5-20-16-27-22(13-21(20)12-18)15-24(33)19-6-7-26-25(14-19)31-8-10-32(2,3)11-9-31;/h4-7,12-14,16-17H,8-11,15H2,1-3H3;1H/q+1;/i2D3,3D3;. The number of fused-ring (bicyclic) bond motifs is 1. The molecule has 1 fully saturated rings. The zero-order valence-electron chi connectivity index (χ0n) is 24.7. The molecule has 1 aliphatic heterocycles. The number of carbonyl (C=O) groups is 1. The van der Waals surface area contributed by atoms with Gasteiger partial charge in [-0.3, -0.25) is 14.5 Å². The third kappa shape index (κ3) is 5.25. The van der Waals surface area contributed by atoms with E-state index in [0.717, 1.165) is 22.0 Å². The lowest BCUT2D eigenvalue weighted by atomic mass is 10.0. The third-order valence-electron chi connectivity index (χ3n) is 5.91. The summed E-state index contributed by atoms with van der Waals surface area (Å²) < 4.78 is 47.8. The van der Waals surface area contributed by atoms with Crippen molar-refractivity contribution in [2.75, 3.05) is 45.0 Å². The highest BCUT2D eigenvalue weighted by Crippen LogP contribution is 2.24. The van der Waals surface area contributed by atoms with Crippen LogP contribution in [0.25, 0.3) is 22.0 Å². The monoisotopic (exact) mass is 576 g/mol. The number of hydrogen-bond donors (Lipinski definition) is 0. The van der Waals surface area contributed by atoms with Crippen molar-refractivity contribution in [3.05, 3.63) is 66.2 Å². The van der Waals surface area contributed by atoms with Gasteiger partial charge in [0.25, 0.3) is 0 Å². The molecule has 4 aromatic rings. The maximum atomic E-state index is 13.2. The fraction of sp³-hybridized carbons (Fsp3) is 0.320. The number of aryl methyl sites for hydroxylation is 1. The summed E-state index contributed by atoms with van der Waals surface area (Å²) in [4.78, 5) is 23.8. The van der Waals surface area contributed by atoms with Gasteiger partial charge in [-0.05, 0) is 29.7 Å². The molecule has 0 unspecified atom stereocenters. The Morgan fingerprint density at radius 2 is 1.91 bits per heavy atom. The molecule has 1 aliphatic rings. The molecular weight excluding hydrogens is 541 g/mol. The molecule has 0 N–H and O–H groups in total. The number of pyridine rings is 2. The van der Waals surface area contributed by atoms with E-state index in [-0.39, 0.29) is 62.4 Å². The number of benzene rings is 1. The SMILES string of the molecule is I.[2H]C([2H])([2H])[N+]1(C([2H])([2H])[2H])CCN(c2cc(C(=O)Cc3cc4cc(-c5cn(C)nn5)ccc4cn3)ccn2)CC1. The highest BCUT2D eigenvalue weighted by molar-refractivity contribution is 14.0. The number of anilines is 1. The van der Waals surface area contributed by atoms with Gasteiger partial charge in [-0.15, -0.1) is 29.1 Å². The van der Waals surface area contributed by atoms with Crippen LogP contribution in [-0.4, -0.2) is 75.4 Å². The van der Waals surface area contributed by atoms with Gasteiger partial charge in [0.1, 0.15) is 11.5 Å². The number of ketones is 1. The quantitative estimate of drug-likeness (QED) is 0.206. The molecule has 1 saturated heterocycles. The van der Waals surface area contributed by atoms with Crippen LogP contribution in [0.1, 0.15) is 24.3 Å². The molecule has 0 atom stereocenters. The van der Waals surface area contributed by atoms with Crippen molar-refractivity contribution in [3.8, 4) is 11.3 Å². The number of likely N-dealkylation sites (N-methyl/N-ethyl adjacent to an activating group) is 1. The molecule has 0 radical (unpaired) electrons. The molecule has 0 bridgehead atoms. The molecule has 34 heavy (non-hydrogen) atoms. The molecule has 0 spiro atoms. The fourth-order valence-corrected chi connectivity index (χ4v) is 3.99. The zero-order chi connectivity index (χ0) is 28.0. The summed E-state index contributed by atoms with van der Waals surface area (Å²) in [6, 6.07) is 11.1. The number of hydrogen-bond acceptors (Lipinski definition) is 6. The number of quaternary nitrogens is 1. The van der Waals surface area contributed by atoms with Crippen LogP contribution in [0.4, 0.5) is 5.82 Å². The number of rotatable bonds is 5. The normalized spacial score (nSPS) is 18.6. The van der Waals surface area contributed by atoms with E-state index in [9.17, 15) is 4.79 Å². The maximum Gasteiger partial charge on any atom is 0.169 e. The Bertz CT molecular complexity index is 1510. The Morgan fingerprint density at radius 1 is 1.09 bits per heavy atom. The van der Waals surface area contributed by atoms with Gasteiger partial charge in [0, 0.05) is 41.6 Å². The van der Waals surface area contributed by atoms with Crippen molar-refractivity contribution in [2.24, 2.45) is 7.05 Å². The number of carbonyl (C=O) groups excluding carboxylic acids is 1. The van der Waals surface area contributed by atoms with Crippen molar-refractivity contribution in [1.82, 2.24) is 25.0 Å². The van der Waals surface area contributed by atoms with Crippen LogP contribution in [0.3, 0.4) is 0 Å². The van der Waals surface area contributed by atoms with Crippen molar-refractivity contribution in [1.29, 1.82) is 0 Å². The van der Waals surface area contributed by atoms with Gasteiger partial charge < -0.3 is 9.38 Å². The topological polar surface area (TPSA) is 76.8 Å². The minimum Gasteiger partial charge on any atom is -0.345 e. The molecule has 9 heteroatoms. The van der Waals surface area contributed by atoms with Gasteiger partial charge in [-0.2, -0.15) is 0 Å². The predicted molar refractivity (Wildman–Crippen MR) is 143 cm³/mol. The summed E-state index contributed by atoms with van der Waals surface area (Å²) in [5, 5.41) is 10.0. The summed E-state index contributed by atoms with van der Waals surface area (Å²) in [6.07, 6.45) is 5.20. The summed E-state index contributed by atoms with van der Waals surface area (Å²) in [7, 11) is 1.81. The molecule has 3 aromatic heterocycles. The smallest absolute Gasteiger partial charge is 0.169 e. The van der Waals surface area contributed by atoms with Crippen LogP contribution in [0.5, 0.6) is 0 Å². The van der Waals surface area contributed by atoms with E-state index >= 15 is 0 Å². The predicted octanol–water partition coefficient (Wildman–Crippen LogP) is 3.37. The number of piperazine rings is 1. The fourth-order valence-electron chi connectivity index (χ4n) is 3.99. The average molecular weight is 576 g/mol. The molecule has 176 valence electrons. The number of halogens is 1. The molecule has 5 rings (SSSR count). The van der Waals surface area contributed by atoms with Crippen LogP contribution in [0, 0.1) is 0 Å². The van der Waals surface area contributed by atoms with Gasteiger partial charge in [0.05, 0.1) is 61.0 Å². The van der Waals surface area contributed by atoms with Crippen molar-refractivity contribution in [2.45, 2.75) is 6.42 Å². The number of aromatic nitrogens is 5. The van der Waals surface area contributed by atoms with E-state index < -0.39 is 18.4 Å². The third-order valence-corrected chi connectivity index (χ3v) is 5.91. The van der Waals surface area contributed by atoms with Crippen LogP contribution < -0.4 is 4.90 Å². The lowest BCUT2D eigenvalue weighted by Gasteiger charge is -2.39. The van der Waals surface area contributed by atoms with Crippen molar-refractivity contribution < 1.29 is 17.5 Å². The number of Topliss-reactive ketones (excluding diaryl/α,β-unsaturated/α-hetero) is 1. The van der Waals surface area contributed by atoms with E-state index in [1.165, 1.54) is 6.20 Å². The Hall–Kier alpha value is -2.92. The van der Waals surface area contributed by atoms with Gasteiger partial charge in [0.2, 0.25) is 0 Å². The van der Waals surface area contributed by atoms with E-state index in [0.29, 0.717) is 17.1 Å². The number of nitrogens with zero attached hydrogens (tertiary/aromatic N) is 7. The first-order valence-corrected chi connectivity index (χ1v) is 10.7. The highest BCUT2D eigenvalue weighted by atomic mass is 127. The van der Waals surface area contributed by atoms with Crippen LogP contribution >= 0.6 is 24.0 Å². The van der Waals surface area contributed by atoms with E-state index in [2.05, 4.69) is 20.3 Å². The van der Waals surface area contributed by atoms with Crippen molar-refractivity contribution in [3.63, 3.8) is 0 Å². The minimum atomic E-state index is -2.66. The largest absolute Gasteiger partial charge is 0.345 e. The van der Waals surface area contributed by atoms with Gasteiger partial charge in [-0.25, -0.2) is 4.98 Å². The first-order valence-electron chi connectivity index (χ1n) is 13.7. The van der Waals surface area contributed by atoms with Gasteiger partial charge in [-0.1, -0.05) is 17.3 Å². The Morgan fingerprint density at radius 3 is 2.65 bits per heavy atom. The summed E-state index contributed by atoms with van der Waals surface area (Å²) in [6.45, 7) is -5.09. The summed E-state index contributed by atoms with van der Waals surface area (Å²) in [5.74, 6) is 0.373. The Balaban J connectivity index is 0.00000370. The second-order valence-corrected chi connectivity index (χ2v) is 8.42. The minimum absolute atomic E-state index is 0. The van der Waals surface area contributed by atoms with E-state index in [1.807, 2.05) is 42.4 Å². The zero-order valence-corrected chi connectivity index (χ0v) is 21.0. The maximum absolute atomic E-state index is 13.2. The summed E-state index contributed by atoms with van der Waals surface area (Å²) in [5.41, 5.74) is 2.74. The molecule has 1 aromatic carbocycles. The van der Waals surface area contributed by atoms with Crippen LogP contribution in [0.2, 0.25) is 0 Å². The lowest BCUT2D eigenvalue weighted by molar-refractivity contribution is -0.890. The van der Waals surface area contributed by atoms with Gasteiger partial charge in [0.15, 0.2) is 5.78 Å². The van der Waals surface area contributed by atoms with Crippen LogP contribution in [0.15, 0.2) is 55.0 Å². The van der Waals surface area contributed by atoms with E-state index in [1.54, 1.807) is 23.0 Å². The summed E-state index contributed by atoms with van der Waals surface area (Å²) >= 11 is 0. The molecule has 0 amide bonds. The highest BCUT2D eigenvalue weighted by Gasteiger charge is 2.25. The second-order valence-electron chi connectivity index (χ2n) is 8.42. The molecule has 0 aliphatic carbocycles. The molecule has 4 heterocycles. The van der Waals surface area contributed by atoms with E-state index in [4.69, 9.17) is 8.22 Å².